The minimum Gasteiger partial charge on any atom is -0.487 e. The van der Waals surface area contributed by atoms with Gasteiger partial charge in [-0.1, -0.05) is 48.0 Å². The molecule has 182 valence electrons. The molecule has 0 radical (unpaired) electrons. The van der Waals surface area contributed by atoms with Gasteiger partial charge in [0.05, 0.1) is 6.42 Å². The normalized spacial score (nSPS) is 16.4. The Kier molecular flexibility index (Phi) is 7.41. The maximum atomic E-state index is 13.2. The summed E-state index contributed by atoms with van der Waals surface area (Å²) in [5, 5.41) is 9.91. The van der Waals surface area contributed by atoms with Gasteiger partial charge in [-0.15, -0.1) is 0 Å². The zero-order valence-electron chi connectivity index (χ0n) is 19.5. The number of halogens is 2. The smallest absolute Gasteiger partial charge is 0.323 e. The third kappa shape index (κ3) is 6.61. The summed E-state index contributed by atoms with van der Waals surface area (Å²) < 4.78 is 19.4. The summed E-state index contributed by atoms with van der Waals surface area (Å²) >= 11 is 6.03. The monoisotopic (exact) mass is 495 g/mol. The number of nitrogens with zero attached hydrogens (tertiary/aromatic N) is 1. The average molecular weight is 496 g/mol. The summed E-state index contributed by atoms with van der Waals surface area (Å²) in [6.07, 6.45) is 1.91. The summed E-state index contributed by atoms with van der Waals surface area (Å²) in [6.45, 7) is 1.95. The summed E-state index contributed by atoms with van der Waals surface area (Å²) in [5.41, 5.74) is 3.27. The first-order valence-electron chi connectivity index (χ1n) is 11.5. The van der Waals surface area contributed by atoms with Crippen molar-refractivity contribution in [3.8, 4) is 5.75 Å². The molecule has 0 spiro atoms. The van der Waals surface area contributed by atoms with E-state index >= 15 is 0 Å². The molecule has 0 saturated heterocycles. The second-order valence-corrected chi connectivity index (χ2v) is 9.68. The van der Waals surface area contributed by atoms with Crippen LogP contribution < -0.4 is 4.74 Å². The molecule has 1 aliphatic rings. The predicted octanol–water partition coefficient (Wildman–Crippen LogP) is 5.11. The molecule has 0 aromatic heterocycles. The van der Waals surface area contributed by atoms with Crippen LogP contribution in [0.5, 0.6) is 5.75 Å². The van der Waals surface area contributed by atoms with Gasteiger partial charge in [-0.05, 0) is 65.9 Å². The standard InChI is InChI=1S/C28H27ClFNO4/c1-28(16-20-5-8-24(30)9-6-20)17-22-13-21(7-10-25(22)35-28)15-26(32)31(18-27(33)34)12-11-19-3-2-4-23(29)14-19/h2-10,13-14H,11-12,15-18H2,1H3,(H,33,34). The number of carboxylic acid groups (broad SMARTS) is 1. The van der Waals surface area contributed by atoms with Crippen molar-refractivity contribution in [3.05, 3.63) is 99.8 Å². The molecule has 4 rings (SSSR count). The highest BCUT2D eigenvalue weighted by Gasteiger charge is 2.35. The highest BCUT2D eigenvalue weighted by molar-refractivity contribution is 6.30. The zero-order valence-corrected chi connectivity index (χ0v) is 20.2. The second-order valence-electron chi connectivity index (χ2n) is 9.24. The highest BCUT2D eigenvalue weighted by atomic mass is 35.5. The number of carboxylic acids is 1. The lowest BCUT2D eigenvalue weighted by molar-refractivity contribution is -0.144. The number of amides is 1. The largest absolute Gasteiger partial charge is 0.487 e. The number of aliphatic carboxylic acids is 1. The Bertz CT molecular complexity index is 1230. The maximum absolute atomic E-state index is 13.2. The number of benzene rings is 3. The molecule has 0 bridgehead atoms. The van der Waals surface area contributed by atoms with Gasteiger partial charge in [0.25, 0.3) is 0 Å². The summed E-state index contributed by atoms with van der Waals surface area (Å²) in [5.74, 6) is -0.798. The minimum absolute atomic E-state index is 0.102. The lowest BCUT2D eigenvalue weighted by atomic mass is 9.91. The van der Waals surface area contributed by atoms with Gasteiger partial charge < -0.3 is 14.7 Å². The number of carbonyl (C=O) groups excluding carboxylic acids is 1. The maximum Gasteiger partial charge on any atom is 0.323 e. The van der Waals surface area contributed by atoms with Crippen molar-refractivity contribution in [1.29, 1.82) is 0 Å². The highest BCUT2D eigenvalue weighted by Crippen LogP contribution is 2.37. The fourth-order valence-corrected chi connectivity index (χ4v) is 4.73. The summed E-state index contributed by atoms with van der Waals surface area (Å²) in [7, 11) is 0. The third-order valence-electron chi connectivity index (χ3n) is 6.13. The average Bonchev–Trinajstić information content (AvgIpc) is 3.13. The number of ether oxygens (including phenoxy) is 1. The van der Waals surface area contributed by atoms with Crippen molar-refractivity contribution < 1.29 is 23.8 Å². The molecule has 1 heterocycles. The number of rotatable bonds is 9. The Hall–Kier alpha value is -3.38. The van der Waals surface area contributed by atoms with Gasteiger partial charge in [0.1, 0.15) is 23.7 Å². The van der Waals surface area contributed by atoms with Gasteiger partial charge >= 0.3 is 5.97 Å². The molecule has 1 N–H and O–H groups in total. The summed E-state index contributed by atoms with van der Waals surface area (Å²) in [4.78, 5) is 25.7. The molecule has 1 aliphatic heterocycles. The second kappa shape index (κ2) is 10.5. The Morgan fingerprint density at radius 1 is 1.06 bits per heavy atom. The first-order valence-corrected chi connectivity index (χ1v) is 11.9. The van der Waals surface area contributed by atoms with Gasteiger partial charge in [-0.2, -0.15) is 0 Å². The van der Waals surface area contributed by atoms with Gasteiger partial charge in [0.2, 0.25) is 5.91 Å². The molecular formula is C28H27ClFNO4. The van der Waals surface area contributed by atoms with Gasteiger partial charge in [0.15, 0.2) is 0 Å². The van der Waals surface area contributed by atoms with Crippen LogP contribution in [0.1, 0.15) is 29.2 Å². The molecule has 0 fully saturated rings. The number of carbonyl (C=O) groups is 2. The summed E-state index contributed by atoms with van der Waals surface area (Å²) in [6, 6.07) is 19.4. The van der Waals surface area contributed by atoms with Crippen molar-refractivity contribution in [2.24, 2.45) is 0 Å². The van der Waals surface area contributed by atoms with E-state index in [1.54, 1.807) is 18.2 Å². The Balaban J connectivity index is 1.41. The van der Waals surface area contributed by atoms with Crippen LogP contribution in [0, 0.1) is 5.82 Å². The van der Waals surface area contributed by atoms with E-state index in [1.165, 1.54) is 17.0 Å². The van der Waals surface area contributed by atoms with E-state index < -0.39 is 11.6 Å². The Labute approximate surface area is 209 Å². The van der Waals surface area contributed by atoms with E-state index in [1.807, 2.05) is 43.3 Å². The van der Waals surface area contributed by atoms with Crippen molar-refractivity contribution in [2.45, 2.75) is 38.2 Å². The van der Waals surface area contributed by atoms with Crippen LogP contribution in [0.3, 0.4) is 0 Å². The van der Waals surface area contributed by atoms with E-state index in [2.05, 4.69) is 0 Å². The Morgan fingerprint density at radius 3 is 2.51 bits per heavy atom. The molecule has 1 unspecified atom stereocenters. The quantitative estimate of drug-likeness (QED) is 0.448. The lowest BCUT2D eigenvalue weighted by Crippen LogP contribution is -2.38. The molecule has 0 saturated carbocycles. The van der Waals surface area contributed by atoms with Gasteiger partial charge in [-0.3, -0.25) is 9.59 Å². The van der Waals surface area contributed by atoms with E-state index in [-0.39, 0.29) is 31.2 Å². The molecule has 1 amide bonds. The fraction of sp³-hybridized carbons (Fsp3) is 0.286. The van der Waals surface area contributed by atoms with Crippen LogP contribution in [0.15, 0.2) is 66.7 Å². The molecule has 5 nitrogen and oxygen atoms in total. The first-order chi connectivity index (χ1) is 16.7. The fourth-order valence-electron chi connectivity index (χ4n) is 4.52. The van der Waals surface area contributed by atoms with Crippen molar-refractivity contribution in [1.82, 2.24) is 4.90 Å². The van der Waals surface area contributed by atoms with Crippen molar-refractivity contribution in [2.75, 3.05) is 13.1 Å². The van der Waals surface area contributed by atoms with Crippen LogP contribution in [0.2, 0.25) is 5.02 Å². The van der Waals surface area contributed by atoms with Crippen LogP contribution in [-0.4, -0.2) is 40.6 Å². The van der Waals surface area contributed by atoms with Crippen LogP contribution in [-0.2, 0) is 35.3 Å². The predicted molar refractivity (Wildman–Crippen MR) is 132 cm³/mol. The molecule has 0 aliphatic carbocycles. The zero-order chi connectivity index (χ0) is 25.0. The van der Waals surface area contributed by atoms with E-state index in [9.17, 15) is 19.1 Å². The Morgan fingerprint density at radius 2 is 1.80 bits per heavy atom. The van der Waals surface area contributed by atoms with E-state index in [0.717, 1.165) is 28.0 Å². The first kappa shape index (κ1) is 24.7. The number of hydrogen-bond donors (Lipinski definition) is 1. The third-order valence-corrected chi connectivity index (χ3v) is 6.37. The van der Waals surface area contributed by atoms with Crippen LogP contribution in [0.25, 0.3) is 0 Å². The number of hydrogen-bond acceptors (Lipinski definition) is 3. The van der Waals surface area contributed by atoms with Gasteiger partial charge in [-0.25, -0.2) is 4.39 Å². The van der Waals surface area contributed by atoms with Crippen LogP contribution >= 0.6 is 11.6 Å². The number of fused-ring (bicyclic) bond motifs is 1. The minimum atomic E-state index is -1.05. The van der Waals surface area contributed by atoms with Crippen LogP contribution in [0.4, 0.5) is 4.39 Å². The molecule has 1 atom stereocenters. The van der Waals surface area contributed by atoms with Crippen molar-refractivity contribution in [3.63, 3.8) is 0 Å². The van der Waals surface area contributed by atoms with E-state index in [0.29, 0.717) is 24.3 Å². The van der Waals surface area contributed by atoms with E-state index in [4.69, 9.17) is 16.3 Å². The molecule has 7 heteroatoms. The van der Waals surface area contributed by atoms with Gasteiger partial charge in [0, 0.05) is 24.4 Å². The molecule has 3 aromatic carbocycles. The molecule has 3 aromatic rings. The SMILES string of the molecule is CC1(Cc2ccc(F)cc2)Cc2cc(CC(=O)N(CCc3cccc(Cl)c3)CC(=O)O)ccc2O1. The topological polar surface area (TPSA) is 66.8 Å². The lowest BCUT2D eigenvalue weighted by Gasteiger charge is -2.24. The van der Waals surface area contributed by atoms with Crippen molar-refractivity contribution >= 4 is 23.5 Å². The molecule has 35 heavy (non-hydrogen) atoms. The molecular weight excluding hydrogens is 469 g/mol.